The molecule has 2 rings (SSSR count). The maximum absolute atomic E-state index is 11.8. The van der Waals surface area contributed by atoms with E-state index in [1.807, 2.05) is 44.3 Å². The second-order valence-corrected chi connectivity index (χ2v) is 3.81. The van der Waals surface area contributed by atoms with E-state index in [0.29, 0.717) is 6.61 Å². The standard InChI is InChI=1S/C13H15NO2/c1-3-8-16-13(15)14-9-10(2)11-6-4-5-7-12(11)14/h4-7,9H,3,8H2,1-2H3. The molecule has 0 N–H and O–H groups in total. The highest BCUT2D eigenvalue weighted by atomic mass is 16.5. The molecule has 0 amide bonds. The van der Waals surface area contributed by atoms with Gasteiger partial charge in [0.2, 0.25) is 0 Å². The Morgan fingerprint density at radius 3 is 2.88 bits per heavy atom. The van der Waals surface area contributed by atoms with Crippen LogP contribution in [0.25, 0.3) is 10.9 Å². The van der Waals surface area contributed by atoms with E-state index in [4.69, 9.17) is 4.74 Å². The molecule has 0 spiro atoms. The second kappa shape index (κ2) is 4.39. The van der Waals surface area contributed by atoms with Gasteiger partial charge in [-0.05, 0) is 25.0 Å². The van der Waals surface area contributed by atoms with Crippen molar-refractivity contribution in [2.75, 3.05) is 6.61 Å². The summed E-state index contributed by atoms with van der Waals surface area (Å²) in [6.07, 6.45) is 2.36. The fourth-order valence-electron chi connectivity index (χ4n) is 1.76. The minimum absolute atomic E-state index is 0.300. The van der Waals surface area contributed by atoms with Crippen LogP contribution in [0.1, 0.15) is 18.9 Å². The Balaban J connectivity index is 2.41. The normalized spacial score (nSPS) is 10.6. The number of hydrogen-bond donors (Lipinski definition) is 0. The van der Waals surface area contributed by atoms with Crippen molar-refractivity contribution >= 4 is 17.0 Å². The highest BCUT2D eigenvalue weighted by Gasteiger charge is 2.11. The van der Waals surface area contributed by atoms with E-state index in [1.165, 1.54) is 0 Å². The molecule has 0 saturated carbocycles. The van der Waals surface area contributed by atoms with E-state index < -0.39 is 0 Å². The molecule has 0 fully saturated rings. The van der Waals surface area contributed by atoms with Crippen LogP contribution in [0, 0.1) is 6.92 Å². The summed E-state index contributed by atoms with van der Waals surface area (Å²) in [6, 6.07) is 7.83. The zero-order valence-electron chi connectivity index (χ0n) is 9.56. The lowest BCUT2D eigenvalue weighted by atomic mass is 10.2. The van der Waals surface area contributed by atoms with Crippen LogP contribution in [-0.2, 0) is 4.74 Å². The number of hydrogen-bond acceptors (Lipinski definition) is 2. The molecule has 2 aromatic rings. The van der Waals surface area contributed by atoms with E-state index in [0.717, 1.165) is 22.9 Å². The minimum Gasteiger partial charge on any atom is -0.449 e. The third-order valence-electron chi connectivity index (χ3n) is 2.54. The summed E-state index contributed by atoms with van der Waals surface area (Å²) in [6.45, 7) is 4.43. The number of aromatic nitrogens is 1. The molecule has 0 radical (unpaired) electrons. The summed E-state index contributed by atoms with van der Waals surface area (Å²) < 4.78 is 6.69. The Morgan fingerprint density at radius 1 is 1.38 bits per heavy atom. The lowest BCUT2D eigenvalue weighted by Crippen LogP contribution is -2.12. The molecule has 0 unspecified atom stereocenters. The van der Waals surface area contributed by atoms with Crippen molar-refractivity contribution in [2.24, 2.45) is 0 Å². The number of ether oxygens (including phenoxy) is 1. The van der Waals surface area contributed by atoms with Crippen LogP contribution in [-0.4, -0.2) is 17.3 Å². The van der Waals surface area contributed by atoms with Gasteiger partial charge in [-0.2, -0.15) is 0 Å². The number of carbonyl (C=O) groups is 1. The van der Waals surface area contributed by atoms with E-state index in [2.05, 4.69) is 0 Å². The molecule has 84 valence electrons. The van der Waals surface area contributed by atoms with Crippen molar-refractivity contribution in [3.05, 3.63) is 36.0 Å². The highest BCUT2D eigenvalue weighted by Crippen LogP contribution is 2.20. The van der Waals surface area contributed by atoms with E-state index in [1.54, 1.807) is 4.57 Å². The molecule has 3 heteroatoms. The Bertz CT molecular complexity index is 514. The number of rotatable bonds is 2. The molecule has 16 heavy (non-hydrogen) atoms. The first-order valence-corrected chi connectivity index (χ1v) is 5.48. The van der Waals surface area contributed by atoms with Gasteiger partial charge in [0.05, 0.1) is 12.1 Å². The first-order valence-electron chi connectivity index (χ1n) is 5.48. The van der Waals surface area contributed by atoms with Crippen LogP contribution in [0.15, 0.2) is 30.5 Å². The van der Waals surface area contributed by atoms with E-state index >= 15 is 0 Å². The predicted octanol–water partition coefficient (Wildman–Crippen LogP) is 3.34. The molecule has 1 heterocycles. The summed E-state index contributed by atoms with van der Waals surface area (Å²) in [5.41, 5.74) is 1.99. The highest BCUT2D eigenvalue weighted by molar-refractivity contribution is 5.91. The fraction of sp³-hybridized carbons (Fsp3) is 0.308. The van der Waals surface area contributed by atoms with E-state index in [9.17, 15) is 4.79 Å². The Hall–Kier alpha value is -1.77. The maximum atomic E-state index is 11.8. The summed E-state index contributed by atoms with van der Waals surface area (Å²) in [7, 11) is 0. The van der Waals surface area contributed by atoms with Crippen LogP contribution < -0.4 is 0 Å². The summed E-state index contributed by atoms with van der Waals surface area (Å²) in [5, 5.41) is 1.09. The van der Waals surface area contributed by atoms with Crippen LogP contribution in [0.4, 0.5) is 4.79 Å². The van der Waals surface area contributed by atoms with Gasteiger partial charge in [-0.3, -0.25) is 4.57 Å². The van der Waals surface area contributed by atoms with Gasteiger partial charge in [0.15, 0.2) is 0 Å². The smallest absolute Gasteiger partial charge is 0.418 e. The number of aryl methyl sites for hydroxylation is 1. The molecule has 0 atom stereocenters. The molecule has 1 aromatic heterocycles. The lowest BCUT2D eigenvalue weighted by molar-refractivity contribution is 0.149. The van der Waals surface area contributed by atoms with Gasteiger partial charge in [-0.25, -0.2) is 4.79 Å². The van der Waals surface area contributed by atoms with Crippen molar-refractivity contribution in [1.82, 2.24) is 4.57 Å². The third-order valence-corrected chi connectivity index (χ3v) is 2.54. The van der Waals surface area contributed by atoms with Gasteiger partial charge in [-0.1, -0.05) is 25.1 Å². The topological polar surface area (TPSA) is 31.2 Å². The minimum atomic E-state index is -0.300. The van der Waals surface area contributed by atoms with Crippen molar-refractivity contribution in [3.8, 4) is 0 Å². The zero-order valence-corrected chi connectivity index (χ0v) is 9.56. The molecule has 1 aromatic carbocycles. The molecular formula is C13H15NO2. The van der Waals surface area contributed by atoms with Crippen LogP contribution in [0.3, 0.4) is 0 Å². The number of fused-ring (bicyclic) bond motifs is 1. The van der Waals surface area contributed by atoms with Crippen molar-refractivity contribution in [3.63, 3.8) is 0 Å². The monoisotopic (exact) mass is 217 g/mol. The number of para-hydroxylation sites is 1. The fourth-order valence-corrected chi connectivity index (χ4v) is 1.76. The molecular weight excluding hydrogens is 202 g/mol. The lowest BCUT2D eigenvalue weighted by Gasteiger charge is -2.04. The molecule has 0 aliphatic carbocycles. The zero-order chi connectivity index (χ0) is 11.5. The van der Waals surface area contributed by atoms with Gasteiger partial charge in [0.1, 0.15) is 0 Å². The number of benzene rings is 1. The molecule has 3 nitrogen and oxygen atoms in total. The van der Waals surface area contributed by atoms with Crippen LogP contribution in [0.2, 0.25) is 0 Å². The second-order valence-electron chi connectivity index (χ2n) is 3.81. The van der Waals surface area contributed by atoms with Gasteiger partial charge in [0.25, 0.3) is 0 Å². The quantitative estimate of drug-likeness (QED) is 0.772. The van der Waals surface area contributed by atoms with Crippen LogP contribution in [0.5, 0.6) is 0 Å². The SMILES string of the molecule is CCCOC(=O)n1cc(C)c2ccccc21. The number of carbonyl (C=O) groups excluding carboxylic acids is 1. The first-order chi connectivity index (χ1) is 7.74. The van der Waals surface area contributed by atoms with Crippen molar-refractivity contribution in [2.45, 2.75) is 20.3 Å². The van der Waals surface area contributed by atoms with Crippen LogP contribution >= 0.6 is 0 Å². The Morgan fingerprint density at radius 2 is 2.12 bits per heavy atom. The summed E-state index contributed by atoms with van der Waals surface area (Å²) in [4.78, 5) is 11.8. The Labute approximate surface area is 94.6 Å². The van der Waals surface area contributed by atoms with Gasteiger partial charge < -0.3 is 4.74 Å². The molecule has 0 saturated heterocycles. The first kappa shape index (κ1) is 10.7. The summed E-state index contributed by atoms with van der Waals surface area (Å²) >= 11 is 0. The Kier molecular flexibility index (Phi) is 2.95. The summed E-state index contributed by atoms with van der Waals surface area (Å²) in [5.74, 6) is 0. The maximum Gasteiger partial charge on any atom is 0.418 e. The average molecular weight is 217 g/mol. The predicted molar refractivity (Wildman–Crippen MR) is 63.7 cm³/mol. The van der Waals surface area contributed by atoms with Crippen molar-refractivity contribution in [1.29, 1.82) is 0 Å². The van der Waals surface area contributed by atoms with Gasteiger partial charge in [-0.15, -0.1) is 0 Å². The largest absolute Gasteiger partial charge is 0.449 e. The molecule has 0 aliphatic rings. The third kappa shape index (κ3) is 1.81. The molecule has 0 bridgehead atoms. The van der Waals surface area contributed by atoms with Gasteiger partial charge in [0, 0.05) is 11.6 Å². The van der Waals surface area contributed by atoms with E-state index in [-0.39, 0.29) is 6.09 Å². The number of nitrogens with zero attached hydrogens (tertiary/aromatic N) is 1. The van der Waals surface area contributed by atoms with Gasteiger partial charge >= 0.3 is 6.09 Å². The van der Waals surface area contributed by atoms with Crippen molar-refractivity contribution < 1.29 is 9.53 Å². The average Bonchev–Trinajstić information content (AvgIpc) is 2.65. The molecule has 0 aliphatic heterocycles.